The topological polar surface area (TPSA) is 71.8 Å². The Labute approximate surface area is 127 Å². The molecule has 0 spiro atoms. The van der Waals surface area contributed by atoms with Crippen LogP contribution in [0.15, 0.2) is 30.9 Å². The highest BCUT2D eigenvalue weighted by Gasteiger charge is 2.30. The van der Waals surface area contributed by atoms with Crippen molar-refractivity contribution in [3.05, 3.63) is 35.9 Å². The molecular weight excluding hydrogens is 290 g/mol. The number of aromatic nitrogens is 3. The van der Waals surface area contributed by atoms with Gasteiger partial charge in [0.25, 0.3) is 0 Å². The first kappa shape index (κ1) is 14.0. The molecule has 0 radical (unpaired) electrons. The summed E-state index contributed by atoms with van der Waals surface area (Å²) in [6.45, 7) is 3.64. The van der Waals surface area contributed by atoms with E-state index in [1.54, 1.807) is 23.1 Å². The standard InChI is InChI=1S/C14H16ClN5O/c1-9-5-16-6-11(9)14(21)19-12-4-10(15)2-3-13(12)20-8-17-7-18-20/h2-4,7-9,11,16H,5-6H2,1H3,(H,19,21). The predicted molar refractivity (Wildman–Crippen MR) is 80.5 cm³/mol. The number of rotatable bonds is 3. The largest absolute Gasteiger partial charge is 0.324 e. The molecular formula is C14H16ClN5O. The fourth-order valence-corrected chi connectivity index (χ4v) is 2.70. The van der Waals surface area contributed by atoms with Crippen molar-refractivity contribution >= 4 is 23.2 Å². The number of nitrogens with one attached hydrogen (secondary N) is 2. The Hall–Kier alpha value is -1.92. The SMILES string of the molecule is CC1CNCC1C(=O)Nc1cc(Cl)ccc1-n1cncn1. The molecule has 0 aliphatic carbocycles. The number of anilines is 1. The van der Waals surface area contributed by atoms with Crippen LogP contribution in [0.5, 0.6) is 0 Å². The van der Waals surface area contributed by atoms with E-state index in [2.05, 4.69) is 27.6 Å². The van der Waals surface area contributed by atoms with Gasteiger partial charge in [-0.25, -0.2) is 9.67 Å². The minimum absolute atomic E-state index is 0.00358. The Kier molecular flexibility index (Phi) is 3.90. The average Bonchev–Trinajstić information content (AvgIpc) is 3.10. The maximum atomic E-state index is 12.4. The summed E-state index contributed by atoms with van der Waals surface area (Å²) < 4.78 is 1.60. The van der Waals surface area contributed by atoms with Gasteiger partial charge in [0.05, 0.1) is 17.3 Å². The summed E-state index contributed by atoms with van der Waals surface area (Å²) in [7, 11) is 0. The van der Waals surface area contributed by atoms with Crippen molar-refractivity contribution in [3.8, 4) is 5.69 Å². The summed E-state index contributed by atoms with van der Waals surface area (Å²) in [5.74, 6) is 0.280. The fraction of sp³-hybridized carbons (Fsp3) is 0.357. The normalized spacial score (nSPS) is 21.4. The van der Waals surface area contributed by atoms with E-state index in [9.17, 15) is 4.79 Å². The van der Waals surface area contributed by atoms with Gasteiger partial charge in [-0.1, -0.05) is 18.5 Å². The van der Waals surface area contributed by atoms with E-state index in [4.69, 9.17) is 11.6 Å². The Balaban J connectivity index is 1.87. The summed E-state index contributed by atoms with van der Waals surface area (Å²) in [4.78, 5) is 16.3. The third-order valence-corrected chi connectivity index (χ3v) is 3.97. The summed E-state index contributed by atoms with van der Waals surface area (Å²) in [6.07, 6.45) is 3.03. The fourth-order valence-electron chi connectivity index (χ4n) is 2.53. The van der Waals surface area contributed by atoms with Gasteiger partial charge < -0.3 is 10.6 Å². The second-order valence-corrected chi connectivity index (χ2v) is 5.67. The van der Waals surface area contributed by atoms with E-state index in [1.807, 2.05) is 6.07 Å². The highest BCUT2D eigenvalue weighted by atomic mass is 35.5. The molecule has 1 aromatic heterocycles. The molecule has 1 saturated heterocycles. The Morgan fingerprint density at radius 3 is 3.00 bits per heavy atom. The van der Waals surface area contributed by atoms with Crippen LogP contribution in [-0.4, -0.2) is 33.8 Å². The molecule has 2 N–H and O–H groups in total. The maximum absolute atomic E-state index is 12.4. The van der Waals surface area contributed by atoms with Gasteiger partial charge >= 0.3 is 0 Å². The van der Waals surface area contributed by atoms with Crippen molar-refractivity contribution in [1.29, 1.82) is 0 Å². The number of benzene rings is 1. The summed E-state index contributed by atoms with van der Waals surface area (Å²) in [5.41, 5.74) is 1.38. The van der Waals surface area contributed by atoms with E-state index in [0.717, 1.165) is 12.2 Å². The molecule has 7 heteroatoms. The first-order valence-corrected chi connectivity index (χ1v) is 7.19. The zero-order chi connectivity index (χ0) is 14.8. The second-order valence-electron chi connectivity index (χ2n) is 5.23. The number of carbonyl (C=O) groups excluding carboxylic acids is 1. The summed E-state index contributed by atoms with van der Waals surface area (Å²) in [5, 5.41) is 10.8. The first-order chi connectivity index (χ1) is 10.1. The number of hydrogen-bond donors (Lipinski definition) is 2. The molecule has 1 aliphatic rings. The molecule has 1 fully saturated rings. The molecule has 6 nitrogen and oxygen atoms in total. The monoisotopic (exact) mass is 305 g/mol. The maximum Gasteiger partial charge on any atom is 0.229 e. The van der Waals surface area contributed by atoms with Crippen LogP contribution >= 0.6 is 11.6 Å². The predicted octanol–water partition coefficient (Wildman–Crippen LogP) is 1.71. The van der Waals surface area contributed by atoms with Crippen molar-refractivity contribution in [2.45, 2.75) is 6.92 Å². The molecule has 21 heavy (non-hydrogen) atoms. The van der Waals surface area contributed by atoms with Crippen LogP contribution in [0.25, 0.3) is 5.69 Å². The minimum Gasteiger partial charge on any atom is -0.324 e. The Morgan fingerprint density at radius 2 is 2.33 bits per heavy atom. The van der Waals surface area contributed by atoms with E-state index in [-0.39, 0.29) is 11.8 Å². The lowest BCUT2D eigenvalue weighted by Crippen LogP contribution is -2.28. The molecule has 2 heterocycles. The highest BCUT2D eigenvalue weighted by molar-refractivity contribution is 6.31. The van der Waals surface area contributed by atoms with Gasteiger partial charge in [0.1, 0.15) is 12.7 Å². The smallest absolute Gasteiger partial charge is 0.229 e. The van der Waals surface area contributed by atoms with Crippen LogP contribution in [0.3, 0.4) is 0 Å². The van der Waals surface area contributed by atoms with Crippen LogP contribution in [0.2, 0.25) is 5.02 Å². The molecule has 0 bridgehead atoms. The molecule has 1 aromatic carbocycles. The van der Waals surface area contributed by atoms with Crippen molar-refractivity contribution in [2.75, 3.05) is 18.4 Å². The molecule has 110 valence electrons. The summed E-state index contributed by atoms with van der Waals surface area (Å²) in [6, 6.07) is 5.29. The lowest BCUT2D eigenvalue weighted by atomic mass is 9.97. The number of hydrogen-bond acceptors (Lipinski definition) is 4. The van der Waals surface area contributed by atoms with Crippen molar-refractivity contribution < 1.29 is 4.79 Å². The molecule has 2 unspecified atom stereocenters. The molecule has 1 amide bonds. The van der Waals surface area contributed by atoms with Gasteiger partial charge in [-0.3, -0.25) is 4.79 Å². The van der Waals surface area contributed by atoms with Gasteiger partial charge in [-0.05, 0) is 30.7 Å². The lowest BCUT2D eigenvalue weighted by molar-refractivity contribution is -0.120. The Bertz CT molecular complexity index is 643. The van der Waals surface area contributed by atoms with E-state index in [0.29, 0.717) is 23.2 Å². The van der Waals surface area contributed by atoms with Crippen LogP contribution in [-0.2, 0) is 4.79 Å². The number of nitrogens with zero attached hydrogens (tertiary/aromatic N) is 3. The van der Waals surface area contributed by atoms with Gasteiger partial charge in [-0.15, -0.1) is 0 Å². The molecule has 2 atom stereocenters. The number of halogens is 1. The van der Waals surface area contributed by atoms with Crippen LogP contribution < -0.4 is 10.6 Å². The molecule has 3 rings (SSSR count). The zero-order valence-corrected chi connectivity index (χ0v) is 12.3. The number of amides is 1. The van der Waals surface area contributed by atoms with Crippen molar-refractivity contribution in [2.24, 2.45) is 11.8 Å². The zero-order valence-electron chi connectivity index (χ0n) is 11.6. The lowest BCUT2D eigenvalue weighted by Gasteiger charge is -2.16. The minimum atomic E-state index is -0.0346. The highest BCUT2D eigenvalue weighted by Crippen LogP contribution is 2.26. The van der Waals surface area contributed by atoms with E-state index >= 15 is 0 Å². The van der Waals surface area contributed by atoms with Crippen molar-refractivity contribution in [1.82, 2.24) is 20.1 Å². The molecule has 2 aromatic rings. The van der Waals surface area contributed by atoms with Gasteiger partial charge in [0.2, 0.25) is 5.91 Å². The first-order valence-electron chi connectivity index (χ1n) is 6.81. The van der Waals surface area contributed by atoms with Gasteiger partial charge in [0.15, 0.2) is 0 Å². The van der Waals surface area contributed by atoms with Crippen molar-refractivity contribution in [3.63, 3.8) is 0 Å². The second kappa shape index (κ2) is 5.83. The van der Waals surface area contributed by atoms with Crippen LogP contribution in [0.4, 0.5) is 5.69 Å². The van der Waals surface area contributed by atoms with E-state index < -0.39 is 0 Å². The Morgan fingerprint density at radius 1 is 1.48 bits per heavy atom. The third kappa shape index (κ3) is 2.91. The van der Waals surface area contributed by atoms with Gasteiger partial charge in [-0.2, -0.15) is 5.10 Å². The van der Waals surface area contributed by atoms with Crippen LogP contribution in [0.1, 0.15) is 6.92 Å². The van der Waals surface area contributed by atoms with E-state index in [1.165, 1.54) is 6.33 Å². The average molecular weight is 306 g/mol. The summed E-state index contributed by atoms with van der Waals surface area (Å²) >= 11 is 6.04. The molecule has 0 saturated carbocycles. The van der Waals surface area contributed by atoms with Crippen LogP contribution in [0, 0.1) is 11.8 Å². The third-order valence-electron chi connectivity index (χ3n) is 3.74. The number of carbonyl (C=O) groups is 1. The molecule has 1 aliphatic heterocycles. The van der Waals surface area contributed by atoms with Gasteiger partial charge in [0, 0.05) is 11.6 Å². The quantitative estimate of drug-likeness (QED) is 0.905.